The molecule has 1 aliphatic carbocycles. The maximum atomic E-state index is 5.60. The van der Waals surface area contributed by atoms with E-state index < -0.39 is 0 Å². The van der Waals surface area contributed by atoms with Crippen molar-refractivity contribution in [3.63, 3.8) is 0 Å². The Kier molecular flexibility index (Phi) is 4.34. The monoisotopic (exact) mass is 235 g/mol. The molecule has 0 saturated heterocycles. The Morgan fingerprint density at radius 1 is 1.47 bits per heavy atom. The topological polar surface area (TPSA) is 60.2 Å². The summed E-state index contributed by atoms with van der Waals surface area (Å²) in [4.78, 5) is 4.29. The van der Waals surface area contributed by atoms with E-state index >= 15 is 0 Å². The van der Waals surface area contributed by atoms with Crippen molar-refractivity contribution in [2.75, 3.05) is 19.4 Å². The summed E-state index contributed by atoms with van der Waals surface area (Å²) in [5, 5.41) is 3.55. The Bertz CT molecular complexity index is 339. The zero-order chi connectivity index (χ0) is 12.1. The molecule has 1 saturated carbocycles. The molecule has 1 aromatic heterocycles. The van der Waals surface area contributed by atoms with Gasteiger partial charge in [-0.1, -0.05) is 0 Å². The van der Waals surface area contributed by atoms with E-state index in [9.17, 15) is 0 Å². The molecule has 0 bridgehead atoms. The number of nitrogens with zero attached hydrogens (tertiary/aromatic N) is 1. The van der Waals surface area contributed by atoms with Crippen LogP contribution in [0.1, 0.15) is 25.0 Å². The number of anilines is 1. The fourth-order valence-corrected chi connectivity index (χ4v) is 2.41. The van der Waals surface area contributed by atoms with E-state index in [4.69, 9.17) is 10.5 Å². The van der Waals surface area contributed by atoms with Crippen LogP contribution in [-0.2, 0) is 11.2 Å². The highest BCUT2D eigenvalue weighted by atomic mass is 16.5. The largest absolute Gasteiger partial charge is 0.397 e. The van der Waals surface area contributed by atoms with E-state index in [-0.39, 0.29) is 0 Å². The van der Waals surface area contributed by atoms with Crippen LogP contribution in [-0.4, -0.2) is 30.8 Å². The number of nitrogens with one attached hydrogen (secondary N) is 1. The molecule has 0 aliphatic heterocycles. The highest BCUT2D eigenvalue weighted by Crippen LogP contribution is 2.21. The predicted octanol–water partition coefficient (Wildman–Crippen LogP) is 1.36. The summed E-state index contributed by atoms with van der Waals surface area (Å²) in [6, 6.07) is 4.39. The summed E-state index contributed by atoms with van der Waals surface area (Å²) in [5.74, 6) is 0. The third-order valence-electron chi connectivity index (χ3n) is 3.39. The number of ether oxygens (including phenoxy) is 1. The Labute approximate surface area is 103 Å². The molecule has 2 atom stereocenters. The SMILES string of the molecule is COC1CCCC1NCCc1ccc(N)cn1. The number of nitrogens with two attached hydrogens (primary N) is 1. The lowest BCUT2D eigenvalue weighted by Crippen LogP contribution is -2.37. The Morgan fingerprint density at radius 2 is 2.35 bits per heavy atom. The first kappa shape index (κ1) is 12.3. The number of hydrogen-bond acceptors (Lipinski definition) is 4. The molecule has 17 heavy (non-hydrogen) atoms. The quantitative estimate of drug-likeness (QED) is 0.809. The second kappa shape index (κ2) is 5.98. The van der Waals surface area contributed by atoms with Crippen molar-refractivity contribution in [2.24, 2.45) is 0 Å². The molecule has 4 heteroatoms. The fourth-order valence-electron chi connectivity index (χ4n) is 2.41. The van der Waals surface area contributed by atoms with Gasteiger partial charge in [0.2, 0.25) is 0 Å². The third-order valence-corrected chi connectivity index (χ3v) is 3.39. The molecule has 1 heterocycles. The van der Waals surface area contributed by atoms with Gasteiger partial charge in [-0.3, -0.25) is 4.98 Å². The van der Waals surface area contributed by atoms with E-state index in [0.29, 0.717) is 12.1 Å². The van der Waals surface area contributed by atoms with Gasteiger partial charge in [-0.25, -0.2) is 0 Å². The minimum absolute atomic E-state index is 0.384. The van der Waals surface area contributed by atoms with E-state index in [1.807, 2.05) is 12.1 Å². The number of methoxy groups -OCH3 is 1. The normalized spacial score (nSPS) is 24.1. The fraction of sp³-hybridized carbons (Fsp3) is 0.615. The molecule has 1 aliphatic rings. The van der Waals surface area contributed by atoms with E-state index in [0.717, 1.165) is 24.3 Å². The van der Waals surface area contributed by atoms with Crippen LogP contribution < -0.4 is 11.1 Å². The van der Waals surface area contributed by atoms with Crippen molar-refractivity contribution in [2.45, 2.75) is 37.8 Å². The van der Waals surface area contributed by atoms with Gasteiger partial charge in [0.15, 0.2) is 0 Å². The first-order valence-corrected chi connectivity index (χ1v) is 6.26. The summed E-state index contributed by atoms with van der Waals surface area (Å²) >= 11 is 0. The minimum atomic E-state index is 0.384. The minimum Gasteiger partial charge on any atom is -0.397 e. The first-order chi connectivity index (χ1) is 8.29. The van der Waals surface area contributed by atoms with Gasteiger partial charge < -0.3 is 15.8 Å². The molecule has 1 fully saturated rings. The van der Waals surface area contributed by atoms with Gasteiger partial charge >= 0.3 is 0 Å². The number of hydrogen-bond donors (Lipinski definition) is 2. The lowest BCUT2D eigenvalue weighted by molar-refractivity contribution is 0.0854. The lowest BCUT2D eigenvalue weighted by Gasteiger charge is -2.19. The van der Waals surface area contributed by atoms with Crippen molar-refractivity contribution < 1.29 is 4.74 Å². The van der Waals surface area contributed by atoms with Crippen LogP contribution in [0.25, 0.3) is 0 Å². The molecular formula is C13H21N3O. The molecule has 0 amide bonds. The van der Waals surface area contributed by atoms with Gasteiger partial charge in [0.05, 0.1) is 18.0 Å². The number of aromatic nitrogens is 1. The number of nitrogen functional groups attached to an aromatic ring is 1. The molecule has 1 aromatic rings. The average molecular weight is 235 g/mol. The van der Waals surface area contributed by atoms with Gasteiger partial charge in [-0.05, 0) is 31.4 Å². The molecule has 94 valence electrons. The summed E-state index contributed by atoms with van der Waals surface area (Å²) in [7, 11) is 1.80. The van der Waals surface area contributed by atoms with Crippen LogP contribution >= 0.6 is 0 Å². The van der Waals surface area contributed by atoms with Gasteiger partial charge in [0.1, 0.15) is 0 Å². The van der Waals surface area contributed by atoms with E-state index in [2.05, 4.69) is 10.3 Å². The predicted molar refractivity (Wildman–Crippen MR) is 68.8 cm³/mol. The van der Waals surface area contributed by atoms with Gasteiger partial charge in [0.25, 0.3) is 0 Å². The van der Waals surface area contributed by atoms with Crippen molar-refractivity contribution in [1.82, 2.24) is 10.3 Å². The van der Waals surface area contributed by atoms with Crippen molar-refractivity contribution in [3.8, 4) is 0 Å². The summed E-state index contributed by atoms with van der Waals surface area (Å²) in [6.07, 6.45) is 6.68. The number of rotatable bonds is 5. The zero-order valence-electron chi connectivity index (χ0n) is 10.4. The number of pyridine rings is 1. The van der Waals surface area contributed by atoms with Crippen molar-refractivity contribution in [1.29, 1.82) is 0 Å². The van der Waals surface area contributed by atoms with E-state index in [1.165, 1.54) is 19.3 Å². The Balaban J connectivity index is 1.74. The van der Waals surface area contributed by atoms with Crippen LogP contribution in [0.3, 0.4) is 0 Å². The summed E-state index contributed by atoms with van der Waals surface area (Å²) < 4.78 is 5.45. The molecule has 0 spiro atoms. The van der Waals surface area contributed by atoms with Crippen LogP contribution in [0.2, 0.25) is 0 Å². The summed E-state index contributed by atoms with van der Waals surface area (Å²) in [6.45, 7) is 0.946. The average Bonchev–Trinajstić information content (AvgIpc) is 2.79. The van der Waals surface area contributed by atoms with Gasteiger partial charge in [0, 0.05) is 31.8 Å². The van der Waals surface area contributed by atoms with E-state index in [1.54, 1.807) is 13.3 Å². The van der Waals surface area contributed by atoms with Crippen LogP contribution in [0.5, 0.6) is 0 Å². The molecule has 2 unspecified atom stereocenters. The molecule has 0 aromatic carbocycles. The van der Waals surface area contributed by atoms with Crippen LogP contribution in [0, 0.1) is 0 Å². The Hall–Kier alpha value is -1.13. The standard InChI is InChI=1S/C13H21N3O/c1-17-13-4-2-3-12(13)15-8-7-11-6-5-10(14)9-16-11/h5-6,9,12-13,15H,2-4,7-8,14H2,1H3. The van der Waals surface area contributed by atoms with Crippen molar-refractivity contribution in [3.05, 3.63) is 24.0 Å². The Morgan fingerprint density at radius 3 is 3.06 bits per heavy atom. The molecule has 4 nitrogen and oxygen atoms in total. The lowest BCUT2D eigenvalue weighted by atomic mass is 10.2. The van der Waals surface area contributed by atoms with Crippen molar-refractivity contribution >= 4 is 5.69 Å². The zero-order valence-corrected chi connectivity index (χ0v) is 10.4. The molecular weight excluding hydrogens is 214 g/mol. The van der Waals surface area contributed by atoms with Crippen LogP contribution in [0.4, 0.5) is 5.69 Å². The highest BCUT2D eigenvalue weighted by Gasteiger charge is 2.26. The smallest absolute Gasteiger partial charge is 0.0724 e. The second-order valence-corrected chi connectivity index (χ2v) is 4.60. The van der Waals surface area contributed by atoms with Crippen LogP contribution in [0.15, 0.2) is 18.3 Å². The third kappa shape index (κ3) is 3.41. The maximum absolute atomic E-state index is 5.60. The molecule has 2 rings (SSSR count). The molecule has 0 radical (unpaired) electrons. The van der Waals surface area contributed by atoms with Gasteiger partial charge in [-0.15, -0.1) is 0 Å². The van der Waals surface area contributed by atoms with Gasteiger partial charge in [-0.2, -0.15) is 0 Å². The molecule has 3 N–H and O–H groups in total. The second-order valence-electron chi connectivity index (χ2n) is 4.60. The summed E-state index contributed by atoms with van der Waals surface area (Å²) in [5.41, 5.74) is 7.40. The maximum Gasteiger partial charge on any atom is 0.0724 e. The first-order valence-electron chi connectivity index (χ1n) is 6.26. The highest BCUT2D eigenvalue weighted by molar-refractivity contribution is 5.34.